The second-order valence-electron chi connectivity index (χ2n) is 4.80. The van der Waals surface area contributed by atoms with Crippen LogP contribution in [-0.2, 0) is 7.05 Å². The molecule has 20 heavy (non-hydrogen) atoms. The van der Waals surface area contributed by atoms with E-state index in [1.807, 2.05) is 41.9 Å². The Balaban J connectivity index is 1.93. The molecule has 1 unspecified atom stereocenters. The van der Waals surface area contributed by atoms with E-state index < -0.39 is 0 Å². The SMILES string of the molecule is CC(Nc1nccc2c1ncn2C)c1cccc(Cl)c1. The Morgan fingerprint density at radius 1 is 1.25 bits per heavy atom. The Hall–Kier alpha value is -2.07. The predicted octanol–water partition coefficient (Wildman–Crippen LogP) is 3.79. The van der Waals surface area contributed by atoms with Crippen LogP contribution in [0.25, 0.3) is 11.0 Å². The molecule has 5 heteroatoms. The second kappa shape index (κ2) is 5.13. The topological polar surface area (TPSA) is 42.7 Å². The van der Waals surface area contributed by atoms with Crippen LogP contribution in [0.5, 0.6) is 0 Å². The summed E-state index contributed by atoms with van der Waals surface area (Å²) < 4.78 is 1.98. The summed E-state index contributed by atoms with van der Waals surface area (Å²) >= 11 is 6.03. The number of aryl methyl sites for hydroxylation is 1. The molecule has 0 spiro atoms. The molecule has 0 radical (unpaired) electrons. The number of rotatable bonds is 3. The first-order valence-corrected chi connectivity index (χ1v) is 6.81. The number of hydrogen-bond acceptors (Lipinski definition) is 3. The highest BCUT2D eigenvalue weighted by molar-refractivity contribution is 6.30. The summed E-state index contributed by atoms with van der Waals surface area (Å²) in [7, 11) is 1.97. The van der Waals surface area contributed by atoms with Gasteiger partial charge >= 0.3 is 0 Å². The molecule has 3 aromatic rings. The standard InChI is InChI=1S/C15H15ClN4/c1-10(11-4-3-5-12(16)8-11)19-15-14-13(6-7-17-15)20(2)9-18-14/h3-10H,1-2H3,(H,17,19). The highest BCUT2D eigenvalue weighted by atomic mass is 35.5. The Kier molecular flexibility index (Phi) is 3.32. The fourth-order valence-corrected chi connectivity index (χ4v) is 2.43. The van der Waals surface area contributed by atoms with E-state index in [4.69, 9.17) is 11.6 Å². The van der Waals surface area contributed by atoms with Crippen molar-refractivity contribution in [3.63, 3.8) is 0 Å². The first-order chi connectivity index (χ1) is 9.65. The van der Waals surface area contributed by atoms with Gasteiger partial charge in [-0.15, -0.1) is 0 Å². The molecule has 2 heterocycles. The van der Waals surface area contributed by atoms with Gasteiger partial charge in [-0.3, -0.25) is 0 Å². The number of fused-ring (bicyclic) bond motifs is 1. The zero-order valence-corrected chi connectivity index (χ0v) is 12.1. The summed E-state index contributed by atoms with van der Waals surface area (Å²) in [5.74, 6) is 0.788. The average Bonchev–Trinajstić information content (AvgIpc) is 2.82. The molecule has 1 N–H and O–H groups in total. The van der Waals surface area contributed by atoms with E-state index in [9.17, 15) is 0 Å². The Morgan fingerprint density at radius 3 is 2.90 bits per heavy atom. The minimum absolute atomic E-state index is 0.105. The van der Waals surface area contributed by atoms with Crippen LogP contribution in [0, 0.1) is 0 Å². The number of hydrogen-bond donors (Lipinski definition) is 1. The molecule has 0 fully saturated rings. The lowest BCUT2D eigenvalue weighted by Gasteiger charge is -2.15. The molecule has 0 amide bonds. The third-order valence-corrected chi connectivity index (χ3v) is 3.58. The summed E-state index contributed by atoms with van der Waals surface area (Å²) in [5, 5.41) is 4.13. The molecule has 0 saturated carbocycles. The van der Waals surface area contributed by atoms with Crippen molar-refractivity contribution in [2.75, 3.05) is 5.32 Å². The molecule has 1 aromatic carbocycles. The van der Waals surface area contributed by atoms with Crippen LogP contribution in [0.15, 0.2) is 42.9 Å². The van der Waals surface area contributed by atoms with Crippen LogP contribution in [0.2, 0.25) is 5.02 Å². The summed E-state index contributed by atoms with van der Waals surface area (Å²) in [4.78, 5) is 8.78. The third kappa shape index (κ3) is 2.34. The minimum Gasteiger partial charge on any atom is -0.362 e. The van der Waals surface area contributed by atoms with Crippen molar-refractivity contribution in [3.05, 3.63) is 53.4 Å². The van der Waals surface area contributed by atoms with Gasteiger partial charge in [-0.2, -0.15) is 0 Å². The van der Waals surface area contributed by atoms with E-state index in [0.29, 0.717) is 0 Å². The first kappa shape index (κ1) is 12.9. The van der Waals surface area contributed by atoms with E-state index in [1.54, 1.807) is 12.5 Å². The molecule has 0 aliphatic carbocycles. The Bertz CT molecular complexity index is 750. The average molecular weight is 287 g/mol. The lowest BCUT2D eigenvalue weighted by molar-refractivity contribution is 0.877. The van der Waals surface area contributed by atoms with E-state index in [1.165, 1.54) is 0 Å². The van der Waals surface area contributed by atoms with Gasteiger partial charge in [-0.25, -0.2) is 9.97 Å². The van der Waals surface area contributed by atoms with Gasteiger partial charge in [0.2, 0.25) is 0 Å². The highest BCUT2D eigenvalue weighted by Crippen LogP contribution is 2.24. The van der Waals surface area contributed by atoms with Crippen LogP contribution < -0.4 is 5.32 Å². The summed E-state index contributed by atoms with van der Waals surface area (Å²) in [6.45, 7) is 2.08. The molecule has 2 aromatic heterocycles. The third-order valence-electron chi connectivity index (χ3n) is 3.34. The van der Waals surface area contributed by atoms with Crippen molar-refractivity contribution >= 4 is 28.5 Å². The van der Waals surface area contributed by atoms with Crippen molar-refractivity contribution < 1.29 is 0 Å². The number of halogens is 1. The van der Waals surface area contributed by atoms with Crippen molar-refractivity contribution in [2.45, 2.75) is 13.0 Å². The molecule has 0 aliphatic rings. The maximum Gasteiger partial charge on any atom is 0.154 e. The molecule has 3 rings (SSSR count). The number of nitrogens with zero attached hydrogens (tertiary/aromatic N) is 3. The quantitative estimate of drug-likeness (QED) is 0.796. The normalized spacial score (nSPS) is 12.6. The fraction of sp³-hybridized carbons (Fsp3) is 0.200. The van der Waals surface area contributed by atoms with E-state index in [-0.39, 0.29) is 6.04 Å². The minimum atomic E-state index is 0.105. The smallest absolute Gasteiger partial charge is 0.154 e. The summed E-state index contributed by atoms with van der Waals surface area (Å²) in [6, 6.07) is 9.88. The van der Waals surface area contributed by atoms with Gasteiger partial charge in [0.25, 0.3) is 0 Å². The van der Waals surface area contributed by atoms with Crippen molar-refractivity contribution in [1.29, 1.82) is 0 Å². The molecular weight excluding hydrogens is 272 g/mol. The van der Waals surface area contributed by atoms with Crippen molar-refractivity contribution in [3.8, 4) is 0 Å². The Morgan fingerprint density at radius 2 is 2.10 bits per heavy atom. The van der Waals surface area contributed by atoms with Crippen LogP contribution in [0.3, 0.4) is 0 Å². The summed E-state index contributed by atoms with van der Waals surface area (Å²) in [5.41, 5.74) is 3.05. The zero-order chi connectivity index (χ0) is 14.1. The monoisotopic (exact) mass is 286 g/mol. The lowest BCUT2D eigenvalue weighted by atomic mass is 10.1. The maximum atomic E-state index is 6.03. The number of anilines is 1. The van der Waals surface area contributed by atoms with Gasteiger partial charge in [0, 0.05) is 18.3 Å². The highest BCUT2D eigenvalue weighted by Gasteiger charge is 2.11. The number of imidazole rings is 1. The van der Waals surface area contributed by atoms with Crippen molar-refractivity contribution in [1.82, 2.24) is 14.5 Å². The van der Waals surface area contributed by atoms with E-state index in [0.717, 1.165) is 27.4 Å². The van der Waals surface area contributed by atoms with Gasteiger partial charge in [0.15, 0.2) is 5.82 Å². The van der Waals surface area contributed by atoms with E-state index in [2.05, 4.69) is 22.2 Å². The summed E-state index contributed by atoms with van der Waals surface area (Å²) in [6.07, 6.45) is 3.58. The van der Waals surface area contributed by atoms with Crippen molar-refractivity contribution in [2.24, 2.45) is 7.05 Å². The first-order valence-electron chi connectivity index (χ1n) is 6.43. The molecule has 0 bridgehead atoms. The van der Waals surface area contributed by atoms with Gasteiger partial charge < -0.3 is 9.88 Å². The predicted molar refractivity (Wildman–Crippen MR) is 82.0 cm³/mol. The molecule has 102 valence electrons. The van der Waals surface area contributed by atoms with Crippen LogP contribution in [0.4, 0.5) is 5.82 Å². The molecular formula is C15H15ClN4. The van der Waals surface area contributed by atoms with Gasteiger partial charge in [-0.1, -0.05) is 23.7 Å². The number of pyridine rings is 1. The van der Waals surface area contributed by atoms with Crippen LogP contribution in [-0.4, -0.2) is 14.5 Å². The number of nitrogens with one attached hydrogen (secondary N) is 1. The Labute approximate surface area is 122 Å². The fourth-order valence-electron chi connectivity index (χ4n) is 2.23. The maximum absolute atomic E-state index is 6.03. The van der Waals surface area contributed by atoms with Crippen LogP contribution in [0.1, 0.15) is 18.5 Å². The van der Waals surface area contributed by atoms with Gasteiger partial charge in [0.05, 0.1) is 17.9 Å². The lowest BCUT2D eigenvalue weighted by Crippen LogP contribution is -2.08. The number of benzene rings is 1. The van der Waals surface area contributed by atoms with E-state index >= 15 is 0 Å². The second-order valence-corrected chi connectivity index (χ2v) is 5.24. The largest absolute Gasteiger partial charge is 0.362 e. The zero-order valence-electron chi connectivity index (χ0n) is 11.3. The molecule has 0 aliphatic heterocycles. The molecule has 4 nitrogen and oxygen atoms in total. The van der Waals surface area contributed by atoms with Gasteiger partial charge in [0.1, 0.15) is 5.52 Å². The van der Waals surface area contributed by atoms with Gasteiger partial charge in [-0.05, 0) is 30.7 Å². The number of aromatic nitrogens is 3. The van der Waals surface area contributed by atoms with Crippen LogP contribution >= 0.6 is 11.6 Å². The molecule has 0 saturated heterocycles. The molecule has 1 atom stereocenters.